The molecule has 1 aliphatic carbocycles. The van der Waals surface area contributed by atoms with E-state index in [0.717, 1.165) is 47.8 Å². The van der Waals surface area contributed by atoms with Gasteiger partial charge in [0.1, 0.15) is 11.9 Å². The number of esters is 1. The molecule has 154 valence electrons. The SMILES string of the molecule is COc1ccc2ccccc2c1[C@H]1CCCC[C@H]1OC(=O)c1ccc([N+](=O)[O-])cc1. The monoisotopic (exact) mass is 405 g/mol. The van der Waals surface area contributed by atoms with E-state index in [-0.39, 0.29) is 17.7 Å². The van der Waals surface area contributed by atoms with Crippen molar-refractivity contribution in [2.24, 2.45) is 0 Å². The van der Waals surface area contributed by atoms with Crippen LogP contribution in [0.15, 0.2) is 60.7 Å². The molecule has 0 radical (unpaired) electrons. The molecule has 1 saturated carbocycles. The van der Waals surface area contributed by atoms with Gasteiger partial charge in [0, 0.05) is 23.6 Å². The largest absolute Gasteiger partial charge is 0.496 e. The van der Waals surface area contributed by atoms with Gasteiger partial charge in [-0.15, -0.1) is 0 Å². The Labute approximate surface area is 174 Å². The Bertz CT molecular complexity index is 1080. The van der Waals surface area contributed by atoms with E-state index >= 15 is 0 Å². The lowest BCUT2D eigenvalue weighted by Crippen LogP contribution is -2.29. The Balaban J connectivity index is 1.65. The fourth-order valence-electron chi connectivity index (χ4n) is 4.33. The first-order valence-corrected chi connectivity index (χ1v) is 10.1. The number of hydrogen-bond donors (Lipinski definition) is 0. The van der Waals surface area contributed by atoms with Gasteiger partial charge in [0.15, 0.2) is 0 Å². The first-order chi connectivity index (χ1) is 14.6. The number of nitro groups is 1. The number of nitrogens with zero attached hydrogens (tertiary/aromatic N) is 1. The minimum Gasteiger partial charge on any atom is -0.496 e. The maximum Gasteiger partial charge on any atom is 0.338 e. The minimum atomic E-state index is -0.487. The van der Waals surface area contributed by atoms with Crippen LogP contribution in [0.3, 0.4) is 0 Å². The van der Waals surface area contributed by atoms with E-state index in [9.17, 15) is 14.9 Å². The van der Waals surface area contributed by atoms with Crippen molar-refractivity contribution < 1.29 is 19.2 Å². The van der Waals surface area contributed by atoms with E-state index in [1.165, 1.54) is 24.3 Å². The average molecular weight is 405 g/mol. The number of nitro benzene ring substituents is 1. The molecule has 3 aromatic rings. The summed E-state index contributed by atoms with van der Waals surface area (Å²) in [6.45, 7) is 0. The van der Waals surface area contributed by atoms with Crippen LogP contribution in [0.5, 0.6) is 5.75 Å². The van der Waals surface area contributed by atoms with Crippen LogP contribution >= 0.6 is 0 Å². The van der Waals surface area contributed by atoms with Crippen molar-refractivity contribution in [2.75, 3.05) is 7.11 Å². The summed E-state index contributed by atoms with van der Waals surface area (Å²) < 4.78 is 11.6. The smallest absolute Gasteiger partial charge is 0.338 e. The molecule has 0 aromatic heterocycles. The standard InChI is InChI=1S/C24H23NO5/c1-29-22-15-12-16-6-2-3-7-19(16)23(22)20-8-4-5-9-21(20)30-24(26)17-10-13-18(14-11-17)25(27)28/h2-3,6-7,10-15,20-21H,4-5,8-9H2,1H3/t20-,21+/m0/s1. The molecule has 0 aliphatic heterocycles. The molecule has 6 heteroatoms. The van der Waals surface area contributed by atoms with Crippen LogP contribution in [0, 0.1) is 10.1 Å². The van der Waals surface area contributed by atoms with Crippen molar-refractivity contribution in [1.82, 2.24) is 0 Å². The van der Waals surface area contributed by atoms with Gasteiger partial charge < -0.3 is 9.47 Å². The molecule has 0 unspecified atom stereocenters. The summed E-state index contributed by atoms with van der Waals surface area (Å²) in [5.74, 6) is 0.375. The molecular weight excluding hydrogens is 382 g/mol. The maximum atomic E-state index is 12.8. The molecule has 1 aliphatic rings. The van der Waals surface area contributed by atoms with E-state index < -0.39 is 10.9 Å². The van der Waals surface area contributed by atoms with Crippen LogP contribution in [0.2, 0.25) is 0 Å². The molecule has 0 N–H and O–H groups in total. The lowest BCUT2D eigenvalue weighted by atomic mass is 9.79. The van der Waals surface area contributed by atoms with Gasteiger partial charge in [0.25, 0.3) is 5.69 Å². The lowest BCUT2D eigenvalue weighted by Gasteiger charge is -2.33. The van der Waals surface area contributed by atoms with Crippen LogP contribution in [0.25, 0.3) is 10.8 Å². The second-order valence-electron chi connectivity index (χ2n) is 7.54. The highest BCUT2D eigenvalue weighted by Gasteiger charge is 2.33. The van der Waals surface area contributed by atoms with Gasteiger partial charge in [-0.2, -0.15) is 0 Å². The first kappa shape index (κ1) is 19.9. The molecule has 0 heterocycles. The minimum absolute atomic E-state index is 0.0294. The van der Waals surface area contributed by atoms with E-state index in [2.05, 4.69) is 12.1 Å². The molecule has 6 nitrogen and oxygen atoms in total. The zero-order valence-electron chi connectivity index (χ0n) is 16.7. The molecule has 3 aromatic carbocycles. The fourth-order valence-corrected chi connectivity index (χ4v) is 4.33. The van der Waals surface area contributed by atoms with Crippen molar-refractivity contribution in [1.29, 1.82) is 0 Å². The number of carbonyl (C=O) groups excluding carboxylic acids is 1. The molecule has 0 spiro atoms. The molecule has 0 saturated heterocycles. The normalized spacial score (nSPS) is 18.7. The van der Waals surface area contributed by atoms with Crippen LogP contribution in [-0.2, 0) is 4.74 Å². The summed E-state index contributed by atoms with van der Waals surface area (Å²) in [6, 6.07) is 17.7. The highest BCUT2D eigenvalue weighted by molar-refractivity contribution is 5.90. The number of methoxy groups -OCH3 is 1. The van der Waals surface area contributed by atoms with E-state index in [1.54, 1.807) is 7.11 Å². The molecule has 0 amide bonds. The van der Waals surface area contributed by atoms with E-state index in [4.69, 9.17) is 9.47 Å². The van der Waals surface area contributed by atoms with E-state index in [1.807, 2.05) is 24.3 Å². The van der Waals surface area contributed by atoms with E-state index in [0.29, 0.717) is 5.56 Å². The van der Waals surface area contributed by atoms with Crippen molar-refractivity contribution in [3.05, 3.63) is 81.9 Å². The van der Waals surface area contributed by atoms with Gasteiger partial charge in [-0.05, 0) is 48.2 Å². The zero-order valence-corrected chi connectivity index (χ0v) is 16.7. The quantitative estimate of drug-likeness (QED) is 0.312. The van der Waals surface area contributed by atoms with Crippen LogP contribution in [0.1, 0.15) is 47.5 Å². The van der Waals surface area contributed by atoms with Gasteiger partial charge >= 0.3 is 5.97 Å². The number of hydrogen-bond acceptors (Lipinski definition) is 5. The Morgan fingerprint density at radius 2 is 1.73 bits per heavy atom. The third-order valence-electron chi connectivity index (χ3n) is 5.80. The molecule has 30 heavy (non-hydrogen) atoms. The molecule has 2 atom stereocenters. The Morgan fingerprint density at radius 1 is 1.00 bits per heavy atom. The summed E-state index contributed by atoms with van der Waals surface area (Å²) in [7, 11) is 1.66. The number of non-ortho nitro benzene ring substituents is 1. The summed E-state index contributed by atoms with van der Waals surface area (Å²) in [5, 5.41) is 13.1. The van der Waals surface area contributed by atoms with Crippen molar-refractivity contribution in [3.8, 4) is 5.75 Å². The number of rotatable bonds is 5. The summed E-state index contributed by atoms with van der Waals surface area (Å²) in [6.07, 6.45) is 3.45. The molecule has 4 rings (SSSR count). The van der Waals surface area contributed by atoms with Crippen molar-refractivity contribution in [2.45, 2.75) is 37.7 Å². The first-order valence-electron chi connectivity index (χ1n) is 10.1. The zero-order chi connectivity index (χ0) is 21.1. The summed E-state index contributed by atoms with van der Waals surface area (Å²) in [5.41, 5.74) is 1.34. The molecular formula is C24H23NO5. The van der Waals surface area contributed by atoms with Gasteiger partial charge in [0.2, 0.25) is 0 Å². The van der Waals surface area contributed by atoms with Crippen molar-refractivity contribution in [3.63, 3.8) is 0 Å². The van der Waals surface area contributed by atoms with Crippen LogP contribution in [-0.4, -0.2) is 24.1 Å². The molecule has 1 fully saturated rings. The van der Waals surface area contributed by atoms with Gasteiger partial charge in [-0.25, -0.2) is 4.79 Å². The topological polar surface area (TPSA) is 78.7 Å². The average Bonchev–Trinajstić information content (AvgIpc) is 2.78. The maximum absolute atomic E-state index is 12.8. The van der Waals surface area contributed by atoms with Crippen LogP contribution < -0.4 is 4.74 Å². The second kappa shape index (κ2) is 8.53. The fraction of sp³-hybridized carbons (Fsp3) is 0.292. The van der Waals surface area contributed by atoms with Gasteiger partial charge in [0.05, 0.1) is 17.6 Å². The highest BCUT2D eigenvalue weighted by atomic mass is 16.6. The summed E-state index contributed by atoms with van der Waals surface area (Å²) >= 11 is 0. The second-order valence-corrected chi connectivity index (χ2v) is 7.54. The lowest BCUT2D eigenvalue weighted by molar-refractivity contribution is -0.384. The predicted molar refractivity (Wildman–Crippen MR) is 114 cm³/mol. The summed E-state index contributed by atoms with van der Waals surface area (Å²) in [4.78, 5) is 23.1. The molecule has 0 bridgehead atoms. The Hall–Kier alpha value is -3.41. The number of carbonyl (C=O) groups is 1. The van der Waals surface area contributed by atoms with Crippen LogP contribution in [0.4, 0.5) is 5.69 Å². The van der Waals surface area contributed by atoms with Gasteiger partial charge in [-0.1, -0.05) is 36.8 Å². The van der Waals surface area contributed by atoms with Gasteiger partial charge in [-0.3, -0.25) is 10.1 Å². The third kappa shape index (κ3) is 3.85. The number of benzene rings is 3. The Kier molecular flexibility index (Phi) is 5.65. The highest BCUT2D eigenvalue weighted by Crippen LogP contribution is 2.43. The predicted octanol–water partition coefficient (Wildman–Crippen LogP) is 5.64. The third-order valence-corrected chi connectivity index (χ3v) is 5.80. The van der Waals surface area contributed by atoms with Crippen molar-refractivity contribution >= 4 is 22.4 Å². The number of ether oxygens (including phenoxy) is 2. The Morgan fingerprint density at radius 3 is 2.47 bits per heavy atom. The number of fused-ring (bicyclic) bond motifs is 1.